The van der Waals surface area contributed by atoms with Crippen molar-refractivity contribution in [2.45, 2.75) is 103 Å². The Bertz CT molecular complexity index is 981. The summed E-state index contributed by atoms with van der Waals surface area (Å²) in [6, 6.07) is -0.755. The van der Waals surface area contributed by atoms with E-state index in [1.54, 1.807) is 0 Å². The van der Waals surface area contributed by atoms with Crippen LogP contribution in [0.4, 0.5) is 0 Å². The normalized spacial score (nSPS) is 35.1. The number of carbonyl (C=O) groups excluding carboxylic acids is 2. The van der Waals surface area contributed by atoms with E-state index in [-0.39, 0.29) is 40.8 Å². The number of nitrogens with zero attached hydrogens (tertiary/aromatic N) is 2. The fraction of sp³-hybridized carbons (Fsp3) is 0.923. The van der Waals surface area contributed by atoms with Gasteiger partial charge in [0.25, 0.3) is 0 Å². The van der Waals surface area contributed by atoms with Crippen LogP contribution in [0.15, 0.2) is 0 Å². The molecule has 2 unspecified atom stereocenters. The van der Waals surface area contributed by atoms with Crippen LogP contribution in [0, 0.1) is 39.2 Å². The Morgan fingerprint density at radius 2 is 2.00 bits per heavy atom. The first kappa shape index (κ1) is 29.5. The summed E-state index contributed by atoms with van der Waals surface area (Å²) in [6.45, 7) is 12.4. The Labute approximate surface area is 236 Å². The van der Waals surface area contributed by atoms with Crippen LogP contribution < -0.4 is 21.4 Å². The van der Waals surface area contributed by atoms with Gasteiger partial charge in [0, 0.05) is 6.61 Å². The van der Waals surface area contributed by atoms with Crippen molar-refractivity contribution in [1.29, 1.82) is 0 Å². The van der Waals surface area contributed by atoms with Gasteiger partial charge in [-0.15, -0.1) is 5.43 Å². The maximum atomic E-state index is 13.7. The zero-order chi connectivity index (χ0) is 28.8. The standard InChI is InChI=1S/C26H45BN6O7/c1-15(2)11-21(27-39-20-13-17-12-19(25(17,3)4)26(20,5)40-27)30-23(35)18(29-22(34)16-8-10-38-14-16)7-6-9-28-24-31-32(24)33(36)37/h15-21,24,28,31H,6-14H2,1-5H3,(H,29,34)(H,30,35)/t16?,17-,18-,19-,20+,21-,24?,26-,32?/m0/s1. The van der Waals surface area contributed by atoms with Crippen molar-refractivity contribution in [2.75, 3.05) is 19.8 Å². The van der Waals surface area contributed by atoms with Crippen LogP contribution in [-0.4, -0.2) is 78.8 Å². The van der Waals surface area contributed by atoms with E-state index in [0.29, 0.717) is 63.2 Å². The molecule has 6 fully saturated rings. The van der Waals surface area contributed by atoms with E-state index in [1.807, 2.05) is 0 Å². The molecule has 0 radical (unpaired) electrons. The molecule has 2 bridgehead atoms. The third-order valence-electron chi connectivity index (χ3n) is 9.90. The Balaban J connectivity index is 1.22. The molecule has 3 heterocycles. The van der Waals surface area contributed by atoms with E-state index in [1.165, 1.54) is 0 Å². The van der Waals surface area contributed by atoms with E-state index in [9.17, 15) is 19.7 Å². The number of rotatable bonds is 13. The summed E-state index contributed by atoms with van der Waals surface area (Å²) in [7, 11) is -0.549. The first-order chi connectivity index (χ1) is 18.9. The average Bonchev–Trinajstić information content (AvgIpc) is 3.28. The van der Waals surface area contributed by atoms with Crippen molar-refractivity contribution in [2.24, 2.45) is 29.1 Å². The topological polar surface area (TPSA) is 166 Å². The van der Waals surface area contributed by atoms with Gasteiger partial charge in [0.15, 0.2) is 5.03 Å². The molecule has 2 amide bonds. The number of nitro groups is 1. The van der Waals surface area contributed by atoms with Gasteiger partial charge in [-0.2, -0.15) is 0 Å². The molecule has 0 aromatic carbocycles. The van der Waals surface area contributed by atoms with Crippen molar-refractivity contribution in [3.05, 3.63) is 10.1 Å². The molecule has 8 atom stereocenters. The molecule has 3 saturated heterocycles. The van der Waals surface area contributed by atoms with Gasteiger partial charge in [0.05, 0.1) is 30.2 Å². The molecule has 3 aliphatic heterocycles. The second kappa shape index (κ2) is 11.4. The average molecular weight is 564 g/mol. The lowest BCUT2D eigenvalue weighted by atomic mass is 9.43. The smallest absolute Gasteiger partial charge is 0.404 e. The summed E-state index contributed by atoms with van der Waals surface area (Å²) in [5, 5.41) is 20.3. The van der Waals surface area contributed by atoms with Gasteiger partial charge < -0.3 is 24.7 Å². The predicted octanol–water partition coefficient (Wildman–Crippen LogP) is 0.971. The van der Waals surface area contributed by atoms with Gasteiger partial charge in [-0.25, -0.2) is 10.1 Å². The van der Waals surface area contributed by atoms with Crippen LogP contribution in [0.5, 0.6) is 0 Å². The summed E-state index contributed by atoms with van der Waals surface area (Å²) < 4.78 is 18.6. The highest BCUT2D eigenvalue weighted by atomic mass is 16.7. The molecule has 6 rings (SSSR count). The van der Waals surface area contributed by atoms with Crippen LogP contribution in [0.3, 0.4) is 0 Å². The molecule has 14 heteroatoms. The molecule has 224 valence electrons. The summed E-state index contributed by atoms with van der Waals surface area (Å²) in [4.78, 5) is 37.4. The lowest BCUT2D eigenvalue weighted by molar-refractivity contribution is -0.627. The molecule has 4 N–H and O–H groups in total. The third-order valence-corrected chi connectivity index (χ3v) is 9.90. The quantitative estimate of drug-likeness (QED) is 0.0833. The minimum absolute atomic E-state index is 0.0135. The van der Waals surface area contributed by atoms with Gasteiger partial charge >= 0.3 is 7.12 Å². The summed E-state index contributed by atoms with van der Waals surface area (Å²) in [5.74, 6) is 0.253. The number of amides is 2. The van der Waals surface area contributed by atoms with Crippen LogP contribution in [0.25, 0.3) is 0 Å². The predicted molar refractivity (Wildman–Crippen MR) is 145 cm³/mol. The van der Waals surface area contributed by atoms with Gasteiger partial charge in [-0.3, -0.25) is 14.9 Å². The molecule has 6 aliphatic rings. The molecule has 3 aliphatic carbocycles. The first-order valence-corrected chi connectivity index (χ1v) is 14.8. The number of hydrazine groups is 2. The highest BCUT2D eigenvalue weighted by Gasteiger charge is 2.68. The van der Waals surface area contributed by atoms with Crippen LogP contribution in [0.1, 0.15) is 73.1 Å². The second-order valence-corrected chi connectivity index (χ2v) is 13.4. The molecule has 13 nitrogen and oxygen atoms in total. The Morgan fingerprint density at radius 1 is 1.23 bits per heavy atom. The minimum atomic E-state index is -0.755. The lowest BCUT2D eigenvalue weighted by Gasteiger charge is -2.64. The Kier molecular flexibility index (Phi) is 8.37. The maximum Gasteiger partial charge on any atom is 0.481 e. The Morgan fingerprint density at radius 3 is 2.62 bits per heavy atom. The van der Waals surface area contributed by atoms with Gasteiger partial charge in [-0.05, 0) is 80.3 Å². The molecule has 0 spiro atoms. The van der Waals surface area contributed by atoms with Crippen molar-refractivity contribution in [1.82, 2.24) is 26.5 Å². The number of nitrogens with one attached hydrogen (secondary N) is 4. The molecular weight excluding hydrogens is 519 g/mol. The maximum absolute atomic E-state index is 13.7. The molecule has 0 aromatic rings. The fourth-order valence-electron chi connectivity index (χ4n) is 7.31. The Hall–Kier alpha value is -2.00. The monoisotopic (exact) mass is 564 g/mol. The van der Waals surface area contributed by atoms with Crippen molar-refractivity contribution in [3.63, 3.8) is 0 Å². The fourth-order valence-corrected chi connectivity index (χ4v) is 7.31. The summed E-state index contributed by atoms with van der Waals surface area (Å²) in [6.07, 6.45) is 3.83. The van der Waals surface area contributed by atoms with Crippen LogP contribution in [0.2, 0.25) is 0 Å². The molecule has 3 saturated carbocycles. The minimum Gasteiger partial charge on any atom is -0.404 e. The lowest BCUT2D eigenvalue weighted by Crippen LogP contribution is -2.65. The molecule has 40 heavy (non-hydrogen) atoms. The first-order valence-electron chi connectivity index (χ1n) is 14.8. The highest BCUT2D eigenvalue weighted by Crippen LogP contribution is 2.65. The number of hydrogen-bond donors (Lipinski definition) is 4. The number of carbonyl (C=O) groups is 2. The van der Waals surface area contributed by atoms with E-state index in [4.69, 9.17) is 14.0 Å². The highest BCUT2D eigenvalue weighted by molar-refractivity contribution is 6.47. The molecule has 0 aromatic heterocycles. The largest absolute Gasteiger partial charge is 0.481 e. The van der Waals surface area contributed by atoms with E-state index in [0.717, 1.165) is 18.0 Å². The molecular formula is C26H45BN6O7. The second-order valence-electron chi connectivity index (χ2n) is 13.4. The van der Waals surface area contributed by atoms with Gasteiger partial charge in [0.2, 0.25) is 18.1 Å². The van der Waals surface area contributed by atoms with Gasteiger partial charge in [0.1, 0.15) is 6.04 Å². The SMILES string of the molecule is CC(C)C[C@H](NC(=O)[C@H](CCCNC1NN1[N+](=O)[O-])NC(=O)C1CCOC1)B1O[C@@H]2C[C@@H]3C[C@@H](C3(C)C)[C@]2(C)O1. The summed E-state index contributed by atoms with van der Waals surface area (Å²) in [5.41, 5.74) is 2.44. The van der Waals surface area contributed by atoms with Gasteiger partial charge in [-0.1, -0.05) is 27.7 Å². The number of ether oxygens (including phenoxy) is 1. The summed E-state index contributed by atoms with van der Waals surface area (Å²) >= 11 is 0. The van der Waals surface area contributed by atoms with E-state index >= 15 is 0 Å². The zero-order valence-corrected chi connectivity index (χ0v) is 24.3. The van der Waals surface area contributed by atoms with Crippen LogP contribution in [-0.2, 0) is 23.6 Å². The van der Waals surface area contributed by atoms with Crippen molar-refractivity contribution >= 4 is 18.9 Å². The van der Waals surface area contributed by atoms with E-state index < -0.39 is 24.5 Å². The zero-order valence-electron chi connectivity index (χ0n) is 24.3. The van der Waals surface area contributed by atoms with Crippen molar-refractivity contribution in [3.8, 4) is 0 Å². The van der Waals surface area contributed by atoms with Crippen LogP contribution >= 0.6 is 0 Å². The third kappa shape index (κ3) is 5.83. The number of hydrogen-bond acceptors (Lipinski definition) is 9. The van der Waals surface area contributed by atoms with Crippen molar-refractivity contribution < 1.29 is 28.7 Å². The van der Waals surface area contributed by atoms with E-state index in [2.05, 4.69) is 56.0 Å².